The molecule has 0 amide bonds. The van der Waals surface area contributed by atoms with E-state index >= 15 is 0 Å². The van der Waals surface area contributed by atoms with E-state index in [0.717, 1.165) is 28.6 Å². The summed E-state index contributed by atoms with van der Waals surface area (Å²) in [5.74, 6) is 0.749. The van der Waals surface area contributed by atoms with Gasteiger partial charge in [-0.25, -0.2) is 0 Å². The van der Waals surface area contributed by atoms with Crippen LogP contribution in [0, 0.1) is 6.92 Å². The summed E-state index contributed by atoms with van der Waals surface area (Å²) in [6.45, 7) is 4.67. The van der Waals surface area contributed by atoms with Crippen LogP contribution in [-0.2, 0) is 0 Å². The van der Waals surface area contributed by atoms with Crippen LogP contribution < -0.4 is 10.0 Å². The van der Waals surface area contributed by atoms with Gasteiger partial charge in [0, 0.05) is 5.56 Å². The predicted octanol–water partition coefficient (Wildman–Crippen LogP) is 3.93. The molecule has 2 aromatic carbocycles. The van der Waals surface area contributed by atoms with Crippen molar-refractivity contribution >= 4 is 49.9 Å². The summed E-state index contributed by atoms with van der Waals surface area (Å²) in [6, 6.07) is 13.1. The van der Waals surface area contributed by atoms with Gasteiger partial charge in [-0.3, -0.25) is 4.79 Å². The number of carbonyl (C=O) groups excluding carboxylic acids is 1. The molecule has 0 aromatic heterocycles. The van der Waals surface area contributed by atoms with E-state index in [0.29, 0.717) is 11.6 Å². The summed E-state index contributed by atoms with van der Waals surface area (Å²) in [5, 5.41) is 1.44. The first kappa shape index (κ1) is 19.3. The molecule has 0 aliphatic heterocycles. The van der Waals surface area contributed by atoms with Crippen molar-refractivity contribution in [3.05, 3.63) is 58.6 Å². The Hall–Kier alpha value is -0.773. The van der Waals surface area contributed by atoms with Gasteiger partial charge in [-0.2, -0.15) is 0 Å². The molecule has 0 aliphatic carbocycles. The molecular formula is C17H19ClLiO2P. The van der Waals surface area contributed by atoms with Crippen LogP contribution in [0.15, 0.2) is 42.5 Å². The molecule has 2 nitrogen and oxygen atoms in total. The number of ether oxygens (including phenoxy) is 1. The van der Waals surface area contributed by atoms with Gasteiger partial charge in [0.15, 0.2) is 5.52 Å². The third kappa shape index (κ3) is 5.15. The van der Waals surface area contributed by atoms with Crippen molar-refractivity contribution in [2.24, 2.45) is 0 Å². The van der Waals surface area contributed by atoms with Crippen LogP contribution in [0.5, 0.6) is 5.75 Å². The fourth-order valence-electron chi connectivity index (χ4n) is 1.92. The van der Waals surface area contributed by atoms with Crippen molar-refractivity contribution in [3.63, 3.8) is 0 Å². The second-order valence-corrected chi connectivity index (χ2v) is 6.41. The Labute approximate surface area is 150 Å². The van der Waals surface area contributed by atoms with Gasteiger partial charge >= 0.3 is 18.9 Å². The van der Waals surface area contributed by atoms with Gasteiger partial charge in [0.25, 0.3) is 0 Å². The molecule has 112 valence electrons. The van der Waals surface area contributed by atoms with Crippen LogP contribution in [0.3, 0.4) is 0 Å². The number of halogens is 1. The first-order valence-electron chi connectivity index (χ1n) is 6.91. The Morgan fingerprint density at radius 2 is 1.95 bits per heavy atom. The third-order valence-electron chi connectivity index (χ3n) is 3.05. The van der Waals surface area contributed by atoms with E-state index in [-0.39, 0.29) is 33.0 Å². The number of aryl methyl sites for hydroxylation is 1. The normalized spacial score (nSPS) is 10.5. The van der Waals surface area contributed by atoms with Crippen molar-refractivity contribution in [3.8, 4) is 5.75 Å². The SMILES string of the molecule is CCCOc1ccc(PC(=O)c2ccccc2C)c(Cl)c1.[LiH]. The van der Waals surface area contributed by atoms with E-state index < -0.39 is 0 Å². The summed E-state index contributed by atoms with van der Waals surface area (Å²) in [7, 11) is 0.0232. The summed E-state index contributed by atoms with van der Waals surface area (Å²) in [6.07, 6.45) is 0.951. The van der Waals surface area contributed by atoms with Gasteiger partial charge in [0.1, 0.15) is 5.75 Å². The Bertz CT molecular complexity index is 646. The molecule has 0 aliphatic rings. The van der Waals surface area contributed by atoms with E-state index in [4.69, 9.17) is 16.3 Å². The van der Waals surface area contributed by atoms with E-state index in [1.54, 1.807) is 6.07 Å². The molecule has 0 heterocycles. The summed E-state index contributed by atoms with van der Waals surface area (Å²) >= 11 is 6.25. The predicted molar refractivity (Wildman–Crippen MR) is 97.8 cm³/mol. The standard InChI is InChI=1S/C17H18ClO2P.Li.H/c1-3-10-20-13-8-9-16(15(18)11-13)21-17(19)14-7-5-4-6-12(14)2;;/h4-9,11,21H,3,10H2,1-2H3;;. The van der Waals surface area contributed by atoms with Crippen LogP contribution in [0.2, 0.25) is 5.02 Å². The first-order chi connectivity index (χ1) is 10.1. The van der Waals surface area contributed by atoms with Crippen molar-refractivity contribution in [1.82, 2.24) is 0 Å². The van der Waals surface area contributed by atoms with Crippen molar-refractivity contribution in [1.29, 1.82) is 0 Å². The Kier molecular flexibility index (Phi) is 8.22. The molecule has 22 heavy (non-hydrogen) atoms. The van der Waals surface area contributed by atoms with E-state index in [1.807, 2.05) is 43.3 Å². The minimum absolute atomic E-state index is 0. The van der Waals surface area contributed by atoms with Crippen molar-refractivity contribution in [2.45, 2.75) is 20.3 Å². The number of benzene rings is 2. The molecule has 1 atom stereocenters. The number of carbonyl (C=O) groups is 1. The zero-order chi connectivity index (χ0) is 15.2. The van der Waals surface area contributed by atoms with Crippen LogP contribution >= 0.6 is 20.2 Å². The molecular weight excluding hydrogens is 310 g/mol. The molecule has 0 radical (unpaired) electrons. The number of hydrogen-bond acceptors (Lipinski definition) is 2. The fraction of sp³-hybridized carbons (Fsp3) is 0.235. The maximum absolute atomic E-state index is 12.4. The van der Waals surface area contributed by atoms with Gasteiger partial charge in [-0.05, 0) is 51.0 Å². The second kappa shape index (κ2) is 9.39. The summed E-state index contributed by atoms with van der Waals surface area (Å²) in [5.41, 5.74) is 1.87. The van der Waals surface area contributed by atoms with Gasteiger partial charge in [-0.1, -0.05) is 42.8 Å². The summed E-state index contributed by atoms with van der Waals surface area (Å²) < 4.78 is 5.53. The van der Waals surface area contributed by atoms with Crippen LogP contribution in [0.1, 0.15) is 29.3 Å². The Balaban J connectivity index is 0.00000242. The molecule has 0 fully saturated rings. The molecule has 5 heteroatoms. The molecule has 0 bridgehead atoms. The number of rotatable bonds is 6. The topological polar surface area (TPSA) is 26.3 Å². The zero-order valence-electron chi connectivity index (χ0n) is 12.2. The average Bonchev–Trinajstić information content (AvgIpc) is 2.48. The van der Waals surface area contributed by atoms with E-state index in [1.165, 1.54) is 0 Å². The quantitative estimate of drug-likeness (QED) is 0.593. The minimum atomic E-state index is 0. The zero-order valence-corrected chi connectivity index (χ0v) is 13.9. The van der Waals surface area contributed by atoms with Crippen molar-refractivity contribution in [2.75, 3.05) is 6.61 Å². The van der Waals surface area contributed by atoms with E-state index in [2.05, 4.69) is 6.92 Å². The van der Waals surface area contributed by atoms with Crippen LogP contribution in [0.25, 0.3) is 0 Å². The molecule has 2 rings (SSSR count). The molecule has 0 saturated carbocycles. The average molecular weight is 329 g/mol. The van der Waals surface area contributed by atoms with Crippen molar-refractivity contribution < 1.29 is 9.53 Å². The third-order valence-corrected chi connectivity index (χ3v) is 4.72. The molecule has 2 aromatic rings. The van der Waals surface area contributed by atoms with Gasteiger partial charge in [0.05, 0.1) is 11.6 Å². The maximum atomic E-state index is 12.4. The van der Waals surface area contributed by atoms with Gasteiger partial charge in [0.2, 0.25) is 0 Å². The summed E-state index contributed by atoms with van der Waals surface area (Å²) in [4.78, 5) is 12.4. The fourth-order valence-corrected chi connectivity index (χ4v) is 3.25. The molecule has 1 unspecified atom stereocenters. The Morgan fingerprint density at radius 3 is 2.59 bits per heavy atom. The van der Waals surface area contributed by atoms with Crippen LogP contribution in [-0.4, -0.2) is 31.0 Å². The Morgan fingerprint density at radius 1 is 1.23 bits per heavy atom. The second-order valence-electron chi connectivity index (χ2n) is 4.76. The monoisotopic (exact) mass is 328 g/mol. The van der Waals surface area contributed by atoms with Gasteiger partial charge in [-0.15, -0.1) is 0 Å². The van der Waals surface area contributed by atoms with Gasteiger partial charge < -0.3 is 4.74 Å². The van der Waals surface area contributed by atoms with Crippen LogP contribution in [0.4, 0.5) is 0 Å². The first-order valence-corrected chi connectivity index (χ1v) is 8.29. The number of hydrogen-bond donors (Lipinski definition) is 0. The molecule has 0 spiro atoms. The van der Waals surface area contributed by atoms with E-state index in [9.17, 15) is 4.79 Å². The molecule has 0 saturated heterocycles. The molecule has 0 N–H and O–H groups in total.